The number of hydrogen-bond acceptors (Lipinski definition) is 2. The van der Waals surface area contributed by atoms with Gasteiger partial charge in [0, 0.05) is 0 Å². The molecule has 0 fully saturated rings. The van der Waals surface area contributed by atoms with E-state index in [1.807, 2.05) is 6.92 Å². The van der Waals surface area contributed by atoms with Crippen molar-refractivity contribution in [3.05, 3.63) is 11.6 Å². The van der Waals surface area contributed by atoms with Crippen molar-refractivity contribution in [2.75, 3.05) is 6.54 Å². The number of nitrogens with one attached hydrogen (secondary N) is 1. The first kappa shape index (κ1) is 12.2. The van der Waals surface area contributed by atoms with Gasteiger partial charge in [0.15, 0.2) is 0 Å². The van der Waals surface area contributed by atoms with Crippen LogP contribution in [0, 0.1) is 0 Å². The smallest absolute Gasteiger partial charge is 0.320 e. The molecule has 3 heteroatoms. The highest BCUT2D eigenvalue weighted by molar-refractivity contribution is 5.73. The Balaban J connectivity index is 2.18. The highest BCUT2D eigenvalue weighted by Gasteiger charge is 2.15. The van der Waals surface area contributed by atoms with Crippen molar-refractivity contribution in [3.8, 4) is 0 Å². The van der Waals surface area contributed by atoms with Crippen LogP contribution in [0.15, 0.2) is 11.6 Å². The molecule has 0 aromatic rings. The number of hydrogen-bond donors (Lipinski definition) is 2. The van der Waals surface area contributed by atoms with E-state index >= 15 is 0 Å². The summed E-state index contributed by atoms with van der Waals surface area (Å²) in [4.78, 5) is 10.8. The fraction of sp³-hybridized carbons (Fsp3) is 0.750. The van der Waals surface area contributed by atoms with Crippen LogP contribution in [0.4, 0.5) is 0 Å². The number of carbonyl (C=O) groups is 1. The van der Waals surface area contributed by atoms with E-state index in [0.717, 1.165) is 19.4 Å². The molecule has 0 saturated carbocycles. The van der Waals surface area contributed by atoms with Gasteiger partial charge in [0.25, 0.3) is 0 Å². The second-order valence-corrected chi connectivity index (χ2v) is 4.14. The molecule has 0 bridgehead atoms. The molecule has 0 amide bonds. The summed E-state index contributed by atoms with van der Waals surface area (Å²) < 4.78 is 0. The zero-order valence-electron chi connectivity index (χ0n) is 9.46. The third-order valence-electron chi connectivity index (χ3n) is 2.85. The predicted molar refractivity (Wildman–Crippen MR) is 60.9 cm³/mol. The summed E-state index contributed by atoms with van der Waals surface area (Å²) in [7, 11) is 0. The van der Waals surface area contributed by atoms with Crippen molar-refractivity contribution < 1.29 is 9.90 Å². The second-order valence-electron chi connectivity index (χ2n) is 4.14. The van der Waals surface area contributed by atoms with Gasteiger partial charge in [0.05, 0.1) is 0 Å². The van der Waals surface area contributed by atoms with Crippen LogP contribution in [-0.2, 0) is 4.79 Å². The first-order valence-corrected chi connectivity index (χ1v) is 5.88. The highest BCUT2D eigenvalue weighted by atomic mass is 16.4. The van der Waals surface area contributed by atoms with E-state index in [2.05, 4.69) is 11.4 Å². The Hall–Kier alpha value is -0.830. The van der Waals surface area contributed by atoms with Gasteiger partial charge in [-0.1, -0.05) is 25.0 Å². The molecule has 0 aromatic carbocycles. The Morgan fingerprint density at radius 3 is 3.00 bits per heavy atom. The van der Waals surface area contributed by atoms with Gasteiger partial charge in [-0.15, -0.1) is 0 Å². The predicted octanol–water partition coefficient (Wildman–Crippen LogP) is 2.33. The Bertz CT molecular complexity index is 236. The lowest BCUT2D eigenvalue weighted by atomic mass is 10.1. The molecule has 0 saturated heterocycles. The van der Waals surface area contributed by atoms with Crippen molar-refractivity contribution in [1.82, 2.24) is 5.32 Å². The average molecular weight is 211 g/mol. The van der Waals surface area contributed by atoms with Gasteiger partial charge in [0.1, 0.15) is 6.04 Å². The molecular weight excluding hydrogens is 190 g/mol. The van der Waals surface area contributed by atoms with Gasteiger partial charge in [-0.05, 0) is 38.6 Å². The second kappa shape index (κ2) is 6.62. The van der Waals surface area contributed by atoms with E-state index in [0.29, 0.717) is 6.42 Å². The van der Waals surface area contributed by atoms with E-state index in [4.69, 9.17) is 5.11 Å². The molecule has 1 aliphatic carbocycles. The van der Waals surface area contributed by atoms with Gasteiger partial charge in [-0.2, -0.15) is 0 Å². The Morgan fingerprint density at radius 2 is 2.47 bits per heavy atom. The van der Waals surface area contributed by atoms with E-state index in [1.54, 1.807) is 0 Å². The highest BCUT2D eigenvalue weighted by Crippen LogP contribution is 2.19. The SMILES string of the molecule is CCCC(NCCC1=CCCC1)C(=O)O. The quantitative estimate of drug-likeness (QED) is 0.635. The molecule has 0 aliphatic heterocycles. The average Bonchev–Trinajstić information content (AvgIpc) is 2.69. The summed E-state index contributed by atoms with van der Waals surface area (Å²) in [6.07, 6.45) is 8.60. The molecule has 86 valence electrons. The minimum absolute atomic E-state index is 0.364. The lowest BCUT2D eigenvalue weighted by molar-refractivity contribution is -0.139. The normalized spacial score (nSPS) is 17.5. The van der Waals surface area contributed by atoms with Crippen molar-refractivity contribution >= 4 is 5.97 Å². The summed E-state index contributed by atoms with van der Waals surface area (Å²) in [5, 5.41) is 12.0. The maximum absolute atomic E-state index is 10.8. The molecule has 1 unspecified atom stereocenters. The van der Waals surface area contributed by atoms with Crippen molar-refractivity contribution in [2.45, 2.75) is 51.5 Å². The van der Waals surface area contributed by atoms with Gasteiger partial charge in [-0.25, -0.2) is 0 Å². The van der Waals surface area contributed by atoms with Crippen LogP contribution in [0.5, 0.6) is 0 Å². The molecule has 2 N–H and O–H groups in total. The van der Waals surface area contributed by atoms with Crippen LogP contribution in [0.2, 0.25) is 0 Å². The van der Waals surface area contributed by atoms with Crippen LogP contribution >= 0.6 is 0 Å². The number of rotatable bonds is 7. The van der Waals surface area contributed by atoms with Crippen LogP contribution < -0.4 is 5.32 Å². The van der Waals surface area contributed by atoms with E-state index in [-0.39, 0.29) is 6.04 Å². The summed E-state index contributed by atoms with van der Waals surface area (Å²) >= 11 is 0. The molecule has 1 aliphatic rings. The first-order valence-electron chi connectivity index (χ1n) is 5.88. The minimum atomic E-state index is -0.725. The lowest BCUT2D eigenvalue weighted by Crippen LogP contribution is -2.37. The molecule has 15 heavy (non-hydrogen) atoms. The third kappa shape index (κ3) is 4.47. The maximum atomic E-state index is 10.8. The molecule has 0 radical (unpaired) electrons. The van der Waals surface area contributed by atoms with Crippen molar-refractivity contribution in [3.63, 3.8) is 0 Å². The van der Waals surface area contributed by atoms with Crippen LogP contribution in [0.1, 0.15) is 45.4 Å². The van der Waals surface area contributed by atoms with Gasteiger partial charge >= 0.3 is 5.97 Å². The molecule has 1 rings (SSSR count). The molecular formula is C12H21NO2. The van der Waals surface area contributed by atoms with E-state index in [1.165, 1.54) is 24.8 Å². The van der Waals surface area contributed by atoms with E-state index in [9.17, 15) is 4.79 Å². The standard InChI is InChI=1S/C12H21NO2/c1-2-5-11(12(14)15)13-9-8-10-6-3-4-7-10/h6,11,13H,2-5,7-9H2,1H3,(H,14,15). The number of aliphatic carboxylic acids is 1. The summed E-state index contributed by atoms with van der Waals surface area (Å²) in [5.74, 6) is -0.725. The zero-order valence-corrected chi connectivity index (χ0v) is 9.46. The van der Waals surface area contributed by atoms with Gasteiger partial charge in [0.2, 0.25) is 0 Å². The fourth-order valence-corrected chi connectivity index (χ4v) is 1.97. The third-order valence-corrected chi connectivity index (χ3v) is 2.85. The monoisotopic (exact) mass is 211 g/mol. The maximum Gasteiger partial charge on any atom is 0.320 e. The van der Waals surface area contributed by atoms with Gasteiger partial charge < -0.3 is 10.4 Å². The zero-order chi connectivity index (χ0) is 11.1. The first-order chi connectivity index (χ1) is 7.24. The van der Waals surface area contributed by atoms with E-state index < -0.39 is 5.97 Å². The largest absolute Gasteiger partial charge is 0.480 e. The summed E-state index contributed by atoms with van der Waals surface area (Å²) in [5.41, 5.74) is 1.49. The van der Waals surface area contributed by atoms with Crippen LogP contribution in [0.25, 0.3) is 0 Å². The Kier molecular flexibility index (Phi) is 5.40. The Morgan fingerprint density at radius 1 is 1.67 bits per heavy atom. The van der Waals surface area contributed by atoms with Crippen molar-refractivity contribution in [1.29, 1.82) is 0 Å². The topological polar surface area (TPSA) is 49.3 Å². The minimum Gasteiger partial charge on any atom is -0.480 e. The van der Waals surface area contributed by atoms with Crippen molar-refractivity contribution in [2.24, 2.45) is 0 Å². The summed E-state index contributed by atoms with van der Waals surface area (Å²) in [6, 6.07) is -0.364. The lowest BCUT2D eigenvalue weighted by Gasteiger charge is -2.13. The molecule has 0 aromatic heterocycles. The fourth-order valence-electron chi connectivity index (χ4n) is 1.97. The molecule has 3 nitrogen and oxygen atoms in total. The number of carboxylic acid groups (broad SMARTS) is 1. The molecule has 1 atom stereocenters. The van der Waals surface area contributed by atoms with Crippen LogP contribution in [0.3, 0.4) is 0 Å². The Labute approximate surface area is 91.6 Å². The molecule has 0 heterocycles. The summed E-state index contributed by atoms with van der Waals surface area (Å²) in [6.45, 7) is 2.81. The van der Waals surface area contributed by atoms with Crippen LogP contribution in [-0.4, -0.2) is 23.7 Å². The van der Waals surface area contributed by atoms with Gasteiger partial charge in [-0.3, -0.25) is 4.79 Å². The molecule has 0 spiro atoms. The number of carboxylic acids is 1. The number of allylic oxidation sites excluding steroid dienone is 1.